The Hall–Kier alpha value is -2.00. The van der Waals surface area contributed by atoms with Gasteiger partial charge in [0.1, 0.15) is 11.5 Å². The Kier molecular flexibility index (Phi) is 10.2. The van der Waals surface area contributed by atoms with Gasteiger partial charge in [-0.1, -0.05) is 30.3 Å². The molecule has 1 heterocycles. The highest BCUT2D eigenvalue weighted by atomic mass is 127. The van der Waals surface area contributed by atoms with E-state index in [4.69, 9.17) is 9.47 Å². The van der Waals surface area contributed by atoms with Crippen LogP contribution in [0.3, 0.4) is 0 Å². The highest BCUT2D eigenvalue weighted by Crippen LogP contribution is 2.26. The molecule has 1 saturated heterocycles. The molecule has 0 amide bonds. The number of benzene rings is 2. The van der Waals surface area contributed by atoms with Crippen molar-refractivity contribution in [2.45, 2.75) is 25.4 Å². The third-order valence-electron chi connectivity index (χ3n) is 5.41. The van der Waals surface area contributed by atoms with Crippen molar-refractivity contribution in [1.29, 1.82) is 0 Å². The van der Waals surface area contributed by atoms with E-state index in [1.165, 1.54) is 18.4 Å². The molecule has 7 heteroatoms. The minimum absolute atomic E-state index is 0. The van der Waals surface area contributed by atoms with Crippen molar-refractivity contribution in [1.82, 2.24) is 15.5 Å². The number of likely N-dealkylation sites (tertiary alicyclic amines) is 1. The summed E-state index contributed by atoms with van der Waals surface area (Å²) in [5.74, 6) is 2.55. The van der Waals surface area contributed by atoms with Crippen molar-refractivity contribution in [3.05, 3.63) is 59.7 Å². The van der Waals surface area contributed by atoms with E-state index in [2.05, 4.69) is 38.7 Å². The van der Waals surface area contributed by atoms with Crippen LogP contribution in [0, 0.1) is 0 Å². The first kappa shape index (κ1) is 24.3. The van der Waals surface area contributed by atoms with Gasteiger partial charge in [-0.2, -0.15) is 0 Å². The second kappa shape index (κ2) is 12.6. The van der Waals surface area contributed by atoms with Gasteiger partial charge >= 0.3 is 0 Å². The summed E-state index contributed by atoms with van der Waals surface area (Å²) in [6.07, 6.45) is 2.51. The number of hydrogen-bond acceptors (Lipinski definition) is 4. The van der Waals surface area contributed by atoms with E-state index < -0.39 is 0 Å². The fourth-order valence-electron chi connectivity index (χ4n) is 3.78. The van der Waals surface area contributed by atoms with E-state index in [-0.39, 0.29) is 24.0 Å². The summed E-state index contributed by atoms with van der Waals surface area (Å²) in [6, 6.07) is 16.7. The van der Waals surface area contributed by atoms with Crippen molar-refractivity contribution in [3.63, 3.8) is 0 Å². The molecule has 1 fully saturated rings. The number of nitrogens with one attached hydrogen (secondary N) is 2. The van der Waals surface area contributed by atoms with Crippen LogP contribution in [0.4, 0.5) is 0 Å². The molecule has 1 aliphatic heterocycles. The van der Waals surface area contributed by atoms with Crippen LogP contribution in [0.5, 0.6) is 11.5 Å². The number of hydrogen-bond donors (Lipinski definition) is 2. The number of nitrogens with zero attached hydrogens (tertiary/aromatic N) is 2. The Bertz CT molecular complexity index is 792. The summed E-state index contributed by atoms with van der Waals surface area (Å²) in [5, 5.41) is 6.90. The first-order valence-electron chi connectivity index (χ1n) is 10.2. The molecule has 2 N–H and O–H groups in total. The molecule has 6 nitrogen and oxygen atoms in total. The molecule has 0 spiro atoms. The van der Waals surface area contributed by atoms with Gasteiger partial charge < -0.3 is 20.1 Å². The predicted octanol–water partition coefficient (Wildman–Crippen LogP) is 3.82. The molecule has 1 atom stereocenters. The van der Waals surface area contributed by atoms with E-state index in [1.54, 1.807) is 21.3 Å². The Labute approximate surface area is 197 Å². The number of para-hydroxylation sites is 1. The molecule has 2 aromatic rings. The smallest absolute Gasteiger partial charge is 0.191 e. The molecule has 1 unspecified atom stereocenters. The van der Waals surface area contributed by atoms with Gasteiger partial charge in [0, 0.05) is 25.7 Å². The lowest BCUT2D eigenvalue weighted by molar-refractivity contribution is 0.245. The molecule has 0 aliphatic carbocycles. The summed E-state index contributed by atoms with van der Waals surface area (Å²) >= 11 is 0. The minimum atomic E-state index is 0. The zero-order valence-corrected chi connectivity index (χ0v) is 20.4. The second-order valence-electron chi connectivity index (χ2n) is 7.15. The lowest BCUT2D eigenvalue weighted by atomic mass is 10.1. The molecule has 1 aliphatic rings. The van der Waals surface area contributed by atoms with Crippen molar-refractivity contribution >= 4 is 29.9 Å². The zero-order chi connectivity index (χ0) is 20.5. The zero-order valence-electron chi connectivity index (χ0n) is 18.1. The molecule has 3 rings (SSSR count). The molecule has 0 saturated carbocycles. The molecular weight excluding hydrogens is 491 g/mol. The van der Waals surface area contributed by atoms with Crippen LogP contribution in [0.25, 0.3) is 0 Å². The molecular formula is C23H33IN4O2. The third kappa shape index (κ3) is 6.50. The second-order valence-corrected chi connectivity index (χ2v) is 7.15. The number of guanidine groups is 1. The third-order valence-corrected chi connectivity index (χ3v) is 5.41. The van der Waals surface area contributed by atoms with Crippen molar-refractivity contribution in [3.8, 4) is 11.5 Å². The first-order valence-corrected chi connectivity index (χ1v) is 10.2. The Balaban J connectivity index is 0.00000320. The fourth-order valence-corrected chi connectivity index (χ4v) is 3.78. The van der Waals surface area contributed by atoms with Crippen LogP contribution in [0.1, 0.15) is 30.0 Å². The molecule has 0 aromatic heterocycles. The highest BCUT2D eigenvalue weighted by Gasteiger charge is 2.23. The maximum Gasteiger partial charge on any atom is 0.191 e. The summed E-state index contributed by atoms with van der Waals surface area (Å²) in [4.78, 5) is 6.94. The molecule has 2 aromatic carbocycles. The summed E-state index contributed by atoms with van der Waals surface area (Å²) in [6.45, 7) is 3.70. The van der Waals surface area contributed by atoms with Gasteiger partial charge in [0.25, 0.3) is 0 Å². The van der Waals surface area contributed by atoms with E-state index in [0.717, 1.165) is 42.7 Å². The number of halogens is 1. The van der Waals surface area contributed by atoms with E-state index in [1.807, 2.05) is 30.3 Å². The van der Waals surface area contributed by atoms with Crippen LogP contribution < -0.4 is 20.1 Å². The van der Waals surface area contributed by atoms with E-state index in [0.29, 0.717) is 12.6 Å². The van der Waals surface area contributed by atoms with Crippen LogP contribution in [0.2, 0.25) is 0 Å². The molecule has 0 bridgehead atoms. The predicted molar refractivity (Wildman–Crippen MR) is 133 cm³/mol. The van der Waals surface area contributed by atoms with E-state index >= 15 is 0 Å². The van der Waals surface area contributed by atoms with Gasteiger partial charge in [-0.15, -0.1) is 24.0 Å². The van der Waals surface area contributed by atoms with Crippen LogP contribution in [-0.4, -0.2) is 51.8 Å². The minimum Gasteiger partial charge on any atom is -0.497 e. The largest absolute Gasteiger partial charge is 0.497 e. The standard InChI is InChI=1S/C23H32N4O2.HI/c1-24-23(25-16-19-8-4-5-9-22(19)29-3)26-17-21(27-14-6-7-15-27)18-10-12-20(28-2)13-11-18;/h4-5,8-13,21H,6-7,14-17H2,1-3H3,(H2,24,25,26);1H. The van der Waals surface area contributed by atoms with Crippen molar-refractivity contribution in [2.75, 3.05) is 40.9 Å². The number of methoxy groups -OCH3 is 2. The van der Waals surface area contributed by atoms with Gasteiger partial charge in [0.05, 0.1) is 20.3 Å². The van der Waals surface area contributed by atoms with Crippen molar-refractivity contribution < 1.29 is 9.47 Å². The Morgan fingerprint density at radius 3 is 2.33 bits per heavy atom. The summed E-state index contributed by atoms with van der Waals surface area (Å²) in [5.41, 5.74) is 2.39. The first-order chi connectivity index (χ1) is 14.2. The Morgan fingerprint density at radius 2 is 1.70 bits per heavy atom. The Morgan fingerprint density at radius 1 is 1.00 bits per heavy atom. The normalized spacial score (nSPS) is 15.2. The lowest BCUT2D eigenvalue weighted by Gasteiger charge is -2.29. The topological polar surface area (TPSA) is 58.1 Å². The molecule has 30 heavy (non-hydrogen) atoms. The summed E-state index contributed by atoms with van der Waals surface area (Å²) < 4.78 is 10.8. The van der Waals surface area contributed by atoms with E-state index in [9.17, 15) is 0 Å². The van der Waals surface area contributed by atoms with Crippen LogP contribution >= 0.6 is 24.0 Å². The fraction of sp³-hybridized carbons (Fsp3) is 0.435. The lowest BCUT2D eigenvalue weighted by Crippen LogP contribution is -2.42. The quantitative estimate of drug-likeness (QED) is 0.313. The maximum atomic E-state index is 5.44. The van der Waals surface area contributed by atoms with Gasteiger partial charge in [-0.25, -0.2) is 0 Å². The average molecular weight is 524 g/mol. The number of rotatable bonds is 8. The molecule has 164 valence electrons. The van der Waals surface area contributed by atoms with Crippen LogP contribution in [0.15, 0.2) is 53.5 Å². The number of ether oxygens (including phenoxy) is 2. The SMILES string of the molecule is CN=C(NCc1ccccc1OC)NCC(c1ccc(OC)cc1)N1CCCC1.I. The average Bonchev–Trinajstić information content (AvgIpc) is 3.31. The van der Waals surface area contributed by atoms with Gasteiger partial charge in [-0.3, -0.25) is 9.89 Å². The van der Waals surface area contributed by atoms with Crippen molar-refractivity contribution in [2.24, 2.45) is 4.99 Å². The molecule has 0 radical (unpaired) electrons. The van der Waals surface area contributed by atoms with Gasteiger partial charge in [0.15, 0.2) is 5.96 Å². The van der Waals surface area contributed by atoms with Gasteiger partial charge in [-0.05, 0) is 49.7 Å². The van der Waals surface area contributed by atoms with Crippen LogP contribution in [-0.2, 0) is 6.54 Å². The summed E-state index contributed by atoms with van der Waals surface area (Å²) in [7, 11) is 5.20. The highest BCUT2D eigenvalue weighted by molar-refractivity contribution is 14.0. The van der Waals surface area contributed by atoms with Gasteiger partial charge in [0.2, 0.25) is 0 Å². The monoisotopic (exact) mass is 524 g/mol. The maximum absolute atomic E-state index is 5.44. The number of aliphatic imine (C=N–C) groups is 1.